The fourth-order valence-corrected chi connectivity index (χ4v) is 3.97. The van der Waals surface area contributed by atoms with Gasteiger partial charge < -0.3 is 14.7 Å². The predicted molar refractivity (Wildman–Crippen MR) is 121 cm³/mol. The minimum atomic E-state index is -2.84. The summed E-state index contributed by atoms with van der Waals surface area (Å²) in [7, 11) is -2.84. The van der Waals surface area contributed by atoms with Gasteiger partial charge in [-0.05, 0) is 66.8 Å². The quantitative estimate of drug-likeness (QED) is 0.296. The van der Waals surface area contributed by atoms with E-state index in [2.05, 4.69) is 48.0 Å². The Hall–Kier alpha value is -1.52. The summed E-state index contributed by atoms with van der Waals surface area (Å²) in [6.45, 7) is 6.07. The molecule has 0 fully saturated rings. The molecule has 2 aromatic rings. The van der Waals surface area contributed by atoms with E-state index in [1.807, 2.05) is 18.2 Å². The Morgan fingerprint density at radius 2 is 1.83 bits per heavy atom. The molecule has 0 amide bonds. The molecule has 0 radical (unpaired) electrons. The highest BCUT2D eigenvalue weighted by molar-refractivity contribution is 7.32. The Morgan fingerprint density at radius 3 is 2.53 bits per heavy atom. The van der Waals surface area contributed by atoms with E-state index in [1.54, 1.807) is 6.07 Å². The SMILES string of the molecule is CC(C)(CCCCc1ccc(CNCCCO[PH](=O)O)cc1F)Cc1ccccc1. The van der Waals surface area contributed by atoms with Crippen LogP contribution in [0.5, 0.6) is 0 Å². The largest absolute Gasteiger partial charge is 0.326 e. The molecule has 2 aromatic carbocycles. The molecule has 2 rings (SSSR count). The minimum Gasteiger partial charge on any atom is -0.326 e. The monoisotopic (exact) mass is 435 g/mol. The van der Waals surface area contributed by atoms with Gasteiger partial charge in [-0.1, -0.05) is 62.7 Å². The Morgan fingerprint density at radius 1 is 1.07 bits per heavy atom. The molecule has 2 N–H and O–H groups in total. The van der Waals surface area contributed by atoms with Crippen molar-refractivity contribution in [1.82, 2.24) is 5.32 Å². The van der Waals surface area contributed by atoms with Crippen molar-refractivity contribution in [2.24, 2.45) is 5.41 Å². The predicted octanol–water partition coefficient (Wildman–Crippen LogP) is 5.69. The van der Waals surface area contributed by atoms with Crippen LogP contribution in [0.3, 0.4) is 0 Å². The first-order chi connectivity index (χ1) is 14.4. The molecule has 0 aliphatic heterocycles. The Kier molecular flexibility index (Phi) is 10.7. The number of unbranched alkanes of at least 4 members (excludes halogenated alkanes) is 1. The van der Waals surface area contributed by atoms with E-state index < -0.39 is 8.25 Å². The van der Waals surface area contributed by atoms with E-state index in [0.29, 0.717) is 19.5 Å². The average molecular weight is 436 g/mol. The van der Waals surface area contributed by atoms with Gasteiger partial charge in [0, 0.05) is 6.54 Å². The third kappa shape index (κ3) is 9.99. The van der Waals surface area contributed by atoms with Crippen molar-refractivity contribution in [3.8, 4) is 0 Å². The molecule has 0 saturated heterocycles. The number of halogens is 1. The van der Waals surface area contributed by atoms with Crippen molar-refractivity contribution in [2.75, 3.05) is 13.2 Å². The maximum Gasteiger partial charge on any atom is 0.316 e. The topological polar surface area (TPSA) is 58.6 Å². The zero-order chi connectivity index (χ0) is 21.8. The Labute approximate surface area is 180 Å². The van der Waals surface area contributed by atoms with Crippen molar-refractivity contribution < 1.29 is 18.4 Å². The van der Waals surface area contributed by atoms with Crippen LogP contribution in [0.2, 0.25) is 0 Å². The second-order valence-corrected chi connectivity index (χ2v) is 9.42. The van der Waals surface area contributed by atoms with Crippen LogP contribution in [0.15, 0.2) is 48.5 Å². The number of benzene rings is 2. The number of aryl methyl sites for hydroxylation is 1. The molecular formula is C24H35FNO3P. The summed E-state index contributed by atoms with van der Waals surface area (Å²) in [6.07, 6.45) is 5.66. The first-order valence-corrected chi connectivity index (χ1v) is 12.0. The van der Waals surface area contributed by atoms with Crippen molar-refractivity contribution in [1.29, 1.82) is 0 Å². The lowest BCUT2D eigenvalue weighted by atomic mass is 9.81. The number of hydrogen-bond donors (Lipinski definition) is 2. The molecule has 0 aliphatic rings. The van der Waals surface area contributed by atoms with Crippen LogP contribution in [0.4, 0.5) is 4.39 Å². The van der Waals surface area contributed by atoms with Gasteiger partial charge >= 0.3 is 8.25 Å². The molecule has 0 spiro atoms. The molecule has 0 aromatic heterocycles. The van der Waals surface area contributed by atoms with Crippen LogP contribution in [0, 0.1) is 11.2 Å². The van der Waals surface area contributed by atoms with Crippen molar-refractivity contribution >= 4 is 8.25 Å². The van der Waals surface area contributed by atoms with Gasteiger partial charge in [0.05, 0.1) is 6.61 Å². The van der Waals surface area contributed by atoms with Gasteiger partial charge in [-0.15, -0.1) is 0 Å². The molecule has 0 bridgehead atoms. The molecule has 0 saturated carbocycles. The number of rotatable bonds is 14. The second-order valence-electron chi connectivity index (χ2n) is 8.60. The van der Waals surface area contributed by atoms with Crippen molar-refractivity contribution in [3.05, 3.63) is 71.0 Å². The van der Waals surface area contributed by atoms with Gasteiger partial charge in [0.25, 0.3) is 0 Å². The molecule has 1 unspecified atom stereocenters. The summed E-state index contributed by atoms with van der Waals surface area (Å²) in [5.41, 5.74) is 3.29. The normalized spacial score (nSPS) is 12.8. The van der Waals surface area contributed by atoms with E-state index in [1.165, 1.54) is 5.56 Å². The molecule has 6 heteroatoms. The number of nitrogens with one attached hydrogen (secondary N) is 1. The summed E-state index contributed by atoms with van der Waals surface area (Å²) < 4.78 is 29.5. The van der Waals surface area contributed by atoms with E-state index in [9.17, 15) is 8.96 Å². The van der Waals surface area contributed by atoms with Crippen LogP contribution in [-0.4, -0.2) is 18.0 Å². The van der Waals surface area contributed by atoms with Gasteiger partial charge in [-0.25, -0.2) is 4.39 Å². The van der Waals surface area contributed by atoms with Crippen molar-refractivity contribution in [3.63, 3.8) is 0 Å². The lowest BCUT2D eigenvalue weighted by Gasteiger charge is -2.24. The first-order valence-electron chi connectivity index (χ1n) is 10.7. The maximum absolute atomic E-state index is 14.4. The van der Waals surface area contributed by atoms with Gasteiger partial charge in [0.2, 0.25) is 0 Å². The van der Waals surface area contributed by atoms with Crippen LogP contribution in [-0.2, 0) is 28.5 Å². The molecule has 30 heavy (non-hydrogen) atoms. The minimum absolute atomic E-state index is 0.139. The molecule has 4 nitrogen and oxygen atoms in total. The Balaban J connectivity index is 1.67. The van der Waals surface area contributed by atoms with E-state index in [4.69, 9.17) is 4.89 Å². The zero-order valence-electron chi connectivity index (χ0n) is 18.1. The highest BCUT2D eigenvalue weighted by Gasteiger charge is 2.18. The third-order valence-corrected chi connectivity index (χ3v) is 5.70. The maximum atomic E-state index is 14.4. The van der Waals surface area contributed by atoms with Crippen LogP contribution in [0.25, 0.3) is 0 Å². The fourth-order valence-electron chi connectivity index (χ4n) is 3.65. The summed E-state index contributed by atoms with van der Waals surface area (Å²) in [4.78, 5) is 8.58. The summed E-state index contributed by atoms with van der Waals surface area (Å²) in [5, 5.41) is 3.19. The molecule has 0 heterocycles. The molecular weight excluding hydrogens is 400 g/mol. The summed E-state index contributed by atoms with van der Waals surface area (Å²) in [6, 6.07) is 16.0. The van der Waals surface area contributed by atoms with Gasteiger partial charge in [-0.2, -0.15) is 0 Å². The third-order valence-electron chi connectivity index (χ3n) is 5.25. The number of hydrogen-bond acceptors (Lipinski definition) is 3. The van der Waals surface area contributed by atoms with Gasteiger partial charge in [0.15, 0.2) is 0 Å². The van der Waals surface area contributed by atoms with Gasteiger partial charge in [-0.3, -0.25) is 4.57 Å². The summed E-state index contributed by atoms with van der Waals surface area (Å²) >= 11 is 0. The van der Waals surface area contributed by atoms with Crippen LogP contribution >= 0.6 is 8.25 Å². The van der Waals surface area contributed by atoms with Gasteiger partial charge in [0.1, 0.15) is 5.82 Å². The molecule has 0 aliphatic carbocycles. The highest BCUT2D eigenvalue weighted by Crippen LogP contribution is 2.28. The molecule has 166 valence electrons. The van der Waals surface area contributed by atoms with Crippen molar-refractivity contribution in [2.45, 2.75) is 58.9 Å². The van der Waals surface area contributed by atoms with E-state index in [0.717, 1.165) is 43.2 Å². The highest BCUT2D eigenvalue weighted by atomic mass is 31.1. The lowest BCUT2D eigenvalue weighted by molar-refractivity contribution is 0.276. The fraction of sp³-hybridized carbons (Fsp3) is 0.500. The smallest absolute Gasteiger partial charge is 0.316 e. The second kappa shape index (κ2) is 13.0. The lowest BCUT2D eigenvalue weighted by Crippen LogP contribution is -2.16. The molecule has 1 atom stereocenters. The summed E-state index contributed by atoms with van der Waals surface area (Å²) in [5.74, 6) is -0.139. The zero-order valence-corrected chi connectivity index (χ0v) is 19.1. The standard InChI is InChI=1S/C24H35FNO3P/c1-24(2,18-20-9-4-3-5-10-20)14-7-6-11-22-13-12-21(17-23(22)25)19-26-15-8-16-29-30(27)28/h3-5,9-10,12-13,17,26,30H,6-8,11,14-16,18-19H2,1-2H3,(H,27,28). The van der Waals surface area contributed by atoms with E-state index in [-0.39, 0.29) is 17.8 Å². The van der Waals surface area contributed by atoms with Crippen LogP contribution in [0.1, 0.15) is 56.2 Å². The Bertz CT molecular complexity index is 783. The van der Waals surface area contributed by atoms with Crippen LogP contribution < -0.4 is 5.32 Å². The average Bonchev–Trinajstić information content (AvgIpc) is 2.69. The van der Waals surface area contributed by atoms with E-state index >= 15 is 0 Å². The first kappa shape index (κ1) is 24.7.